The average molecular weight is 377 g/mol. The standard InChI is InChI=1S/C20H22F3N3O/c1-14(15-6-7-16(21)18(23)12-15)24-13-20(27)26-10-8-25(9-11-26)19-5-3-2-4-17(19)22/h2-7,12,14,24H,8-11,13H2,1H3/t14-/m0/s1. The van der Waals surface area contributed by atoms with Crippen molar-refractivity contribution >= 4 is 11.6 Å². The molecule has 2 aromatic carbocycles. The van der Waals surface area contributed by atoms with E-state index in [1.54, 1.807) is 30.0 Å². The van der Waals surface area contributed by atoms with Crippen LogP contribution in [0.1, 0.15) is 18.5 Å². The summed E-state index contributed by atoms with van der Waals surface area (Å²) >= 11 is 0. The third-order valence-corrected chi connectivity index (χ3v) is 4.83. The van der Waals surface area contributed by atoms with Crippen LogP contribution >= 0.6 is 0 Å². The summed E-state index contributed by atoms with van der Waals surface area (Å²) < 4.78 is 40.2. The van der Waals surface area contributed by atoms with Crippen LogP contribution in [0.3, 0.4) is 0 Å². The molecule has 144 valence electrons. The molecule has 1 aliphatic rings. The molecule has 4 nitrogen and oxygen atoms in total. The topological polar surface area (TPSA) is 35.6 Å². The van der Waals surface area contributed by atoms with Gasteiger partial charge in [-0.2, -0.15) is 0 Å². The second kappa shape index (κ2) is 8.43. The highest BCUT2D eigenvalue weighted by molar-refractivity contribution is 5.78. The number of para-hydroxylation sites is 1. The van der Waals surface area contributed by atoms with Gasteiger partial charge in [-0.05, 0) is 36.8 Å². The smallest absolute Gasteiger partial charge is 0.236 e. The predicted molar refractivity (Wildman–Crippen MR) is 98.0 cm³/mol. The maximum atomic E-state index is 13.9. The second-order valence-electron chi connectivity index (χ2n) is 6.60. The number of hydrogen-bond donors (Lipinski definition) is 1. The van der Waals surface area contributed by atoms with Gasteiger partial charge in [0.15, 0.2) is 11.6 Å². The van der Waals surface area contributed by atoms with Crippen molar-refractivity contribution in [3.63, 3.8) is 0 Å². The molecule has 0 spiro atoms. The van der Waals surface area contributed by atoms with Crippen LogP contribution in [0.25, 0.3) is 0 Å². The van der Waals surface area contributed by atoms with E-state index < -0.39 is 11.6 Å². The van der Waals surface area contributed by atoms with Gasteiger partial charge in [-0.3, -0.25) is 4.79 Å². The molecule has 7 heteroatoms. The minimum absolute atomic E-state index is 0.0717. The summed E-state index contributed by atoms with van der Waals surface area (Å²) in [5.74, 6) is -2.14. The average Bonchev–Trinajstić information content (AvgIpc) is 2.68. The van der Waals surface area contributed by atoms with Crippen LogP contribution in [0.2, 0.25) is 0 Å². The summed E-state index contributed by atoms with van der Waals surface area (Å²) in [6.07, 6.45) is 0. The maximum Gasteiger partial charge on any atom is 0.236 e. The zero-order chi connectivity index (χ0) is 19.4. The molecule has 1 heterocycles. The van der Waals surface area contributed by atoms with Crippen LogP contribution in [0.15, 0.2) is 42.5 Å². The Morgan fingerprint density at radius 2 is 1.70 bits per heavy atom. The van der Waals surface area contributed by atoms with E-state index in [1.165, 1.54) is 12.1 Å². The quantitative estimate of drug-likeness (QED) is 0.870. The van der Waals surface area contributed by atoms with Crippen molar-refractivity contribution in [2.45, 2.75) is 13.0 Å². The lowest BCUT2D eigenvalue weighted by Crippen LogP contribution is -2.51. The van der Waals surface area contributed by atoms with Gasteiger partial charge in [0.2, 0.25) is 5.91 Å². The number of nitrogens with one attached hydrogen (secondary N) is 1. The summed E-state index contributed by atoms with van der Waals surface area (Å²) in [7, 11) is 0. The SMILES string of the molecule is C[C@H](NCC(=O)N1CCN(c2ccccc2F)CC1)c1ccc(F)c(F)c1. The number of amides is 1. The Balaban J connectivity index is 1.49. The van der Waals surface area contributed by atoms with Gasteiger partial charge in [-0.1, -0.05) is 18.2 Å². The first-order valence-electron chi connectivity index (χ1n) is 8.91. The van der Waals surface area contributed by atoms with Crippen LogP contribution < -0.4 is 10.2 Å². The first kappa shape index (κ1) is 19.2. The van der Waals surface area contributed by atoms with Crippen LogP contribution in [0.4, 0.5) is 18.9 Å². The number of anilines is 1. The van der Waals surface area contributed by atoms with Gasteiger partial charge in [0.25, 0.3) is 0 Å². The van der Waals surface area contributed by atoms with E-state index in [9.17, 15) is 18.0 Å². The molecular weight excluding hydrogens is 355 g/mol. The van der Waals surface area contributed by atoms with E-state index in [0.717, 1.165) is 12.1 Å². The molecule has 1 aliphatic heterocycles. The minimum Gasteiger partial charge on any atom is -0.366 e. The van der Waals surface area contributed by atoms with Gasteiger partial charge in [-0.15, -0.1) is 0 Å². The van der Waals surface area contributed by atoms with Crippen LogP contribution in [-0.4, -0.2) is 43.5 Å². The van der Waals surface area contributed by atoms with E-state index in [0.29, 0.717) is 37.4 Å². The van der Waals surface area contributed by atoms with Gasteiger partial charge in [0.05, 0.1) is 12.2 Å². The number of halogens is 3. The molecule has 3 rings (SSSR count). The van der Waals surface area contributed by atoms with Gasteiger partial charge < -0.3 is 15.1 Å². The molecular formula is C20H22F3N3O. The van der Waals surface area contributed by atoms with E-state index in [1.807, 2.05) is 4.90 Å². The number of carbonyl (C=O) groups is 1. The summed E-state index contributed by atoms with van der Waals surface area (Å²) in [6.45, 7) is 4.02. The summed E-state index contributed by atoms with van der Waals surface area (Å²) in [4.78, 5) is 16.1. The number of hydrogen-bond acceptors (Lipinski definition) is 3. The summed E-state index contributed by atoms with van der Waals surface area (Å²) in [5.41, 5.74) is 1.13. The highest BCUT2D eigenvalue weighted by atomic mass is 19.2. The van der Waals surface area contributed by atoms with E-state index >= 15 is 0 Å². The van der Waals surface area contributed by atoms with E-state index in [2.05, 4.69) is 5.32 Å². The Bertz CT molecular complexity index is 807. The number of nitrogens with zero attached hydrogens (tertiary/aromatic N) is 2. The van der Waals surface area contributed by atoms with Crippen molar-refractivity contribution in [1.82, 2.24) is 10.2 Å². The molecule has 2 aromatic rings. The van der Waals surface area contributed by atoms with Crippen molar-refractivity contribution in [3.8, 4) is 0 Å². The fourth-order valence-corrected chi connectivity index (χ4v) is 3.16. The first-order valence-corrected chi connectivity index (χ1v) is 8.91. The Morgan fingerprint density at radius 1 is 1.00 bits per heavy atom. The molecule has 0 aliphatic carbocycles. The summed E-state index contributed by atoms with van der Waals surface area (Å²) in [6, 6.07) is 10.0. The monoisotopic (exact) mass is 377 g/mol. The zero-order valence-corrected chi connectivity index (χ0v) is 15.1. The van der Waals surface area contributed by atoms with Gasteiger partial charge in [0, 0.05) is 32.2 Å². The minimum atomic E-state index is -0.906. The van der Waals surface area contributed by atoms with E-state index in [-0.39, 0.29) is 24.3 Å². The van der Waals surface area contributed by atoms with Gasteiger partial charge >= 0.3 is 0 Å². The van der Waals surface area contributed by atoms with Crippen molar-refractivity contribution in [2.75, 3.05) is 37.6 Å². The van der Waals surface area contributed by atoms with Crippen molar-refractivity contribution in [1.29, 1.82) is 0 Å². The van der Waals surface area contributed by atoms with Crippen LogP contribution in [-0.2, 0) is 4.79 Å². The van der Waals surface area contributed by atoms with Crippen molar-refractivity contribution < 1.29 is 18.0 Å². The molecule has 0 unspecified atom stereocenters. The summed E-state index contributed by atoms with van der Waals surface area (Å²) in [5, 5.41) is 3.04. The van der Waals surface area contributed by atoms with E-state index in [4.69, 9.17) is 0 Å². The van der Waals surface area contributed by atoms with Gasteiger partial charge in [0.1, 0.15) is 5.82 Å². The lowest BCUT2D eigenvalue weighted by molar-refractivity contribution is -0.130. The molecule has 1 saturated heterocycles. The Morgan fingerprint density at radius 3 is 2.37 bits per heavy atom. The lowest BCUT2D eigenvalue weighted by Gasteiger charge is -2.36. The normalized spacial score (nSPS) is 15.7. The number of benzene rings is 2. The predicted octanol–water partition coefficient (Wildman–Crippen LogP) is 3.10. The molecule has 1 N–H and O–H groups in total. The Hall–Kier alpha value is -2.54. The molecule has 0 aromatic heterocycles. The molecule has 0 radical (unpaired) electrons. The fraction of sp³-hybridized carbons (Fsp3) is 0.350. The molecule has 0 saturated carbocycles. The fourth-order valence-electron chi connectivity index (χ4n) is 3.16. The van der Waals surface area contributed by atoms with Crippen LogP contribution in [0, 0.1) is 17.5 Å². The van der Waals surface area contributed by atoms with Crippen molar-refractivity contribution in [3.05, 3.63) is 65.5 Å². The molecule has 1 amide bonds. The second-order valence-corrected chi connectivity index (χ2v) is 6.60. The zero-order valence-electron chi connectivity index (χ0n) is 15.1. The number of piperazine rings is 1. The number of carbonyl (C=O) groups excluding carboxylic acids is 1. The highest BCUT2D eigenvalue weighted by Crippen LogP contribution is 2.20. The van der Waals surface area contributed by atoms with Crippen molar-refractivity contribution in [2.24, 2.45) is 0 Å². The lowest BCUT2D eigenvalue weighted by atomic mass is 10.1. The largest absolute Gasteiger partial charge is 0.366 e. The highest BCUT2D eigenvalue weighted by Gasteiger charge is 2.23. The molecule has 27 heavy (non-hydrogen) atoms. The third kappa shape index (κ3) is 4.60. The first-order chi connectivity index (χ1) is 13.0. The van der Waals surface area contributed by atoms with Gasteiger partial charge in [-0.25, -0.2) is 13.2 Å². The third-order valence-electron chi connectivity index (χ3n) is 4.83. The molecule has 1 fully saturated rings. The molecule has 0 bridgehead atoms. The Kier molecular flexibility index (Phi) is 6.01. The Labute approximate surface area is 156 Å². The number of rotatable bonds is 5. The van der Waals surface area contributed by atoms with Crippen LogP contribution in [0.5, 0.6) is 0 Å². The molecule has 1 atom stereocenters. The maximum absolute atomic E-state index is 13.9.